The molecule has 2 unspecified atom stereocenters. The molecule has 0 saturated carbocycles. The maximum absolute atomic E-state index is 3.31. The van der Waals surface area contributed by atoms with E-state index in [2.05, 4.69) is 49.9 Å². The zero-order valence-electron chi connectivity index (χ0n) is 11.9. The minimum absolute atomic E-state index is 0.274. The van der Waals surface area contributed by atoms with Gasteiger partial charge in [-0.15, -0.1) is 0 Å². The fourth-order valence-electron chi connectivity index (χ4n) is 2.67. The third-order valence-corrected chi connectivity index (χ3v) is 3.76. The monoisotopic (exact) mass is 227 g/mol. The van der Waals surface area contributed by atoms with Crippen molar-refractivity contribution in [3.63, 3.8) is 0 Å². The first-order valence-corrected chi connectivity index (χ1v) is 6.48. The molecule has 0 aromatic carbocycles. The molecule has 0 spiro atoms. The minimum atomic E-state index is 0.274. The molecule has 3 nitrogen and oxygen atoms in total. The smallest absolute Gasteiger partial charge is 0.0345 e. The van der Waals surface area contributed by atoms with Crippen molar-refractivity contribution < 1.29 is 0 Å². The van der Waals surface area contributed by atoms with Gasteiger partial charge in [0.2, 0.25) is 0 Å². The molecule has 0 aromatic rings. The molecular weight excluding hydrogens is 198 g/mol. The van der Waals surface area contributed by atoms with E-state index in [1.165, 1.54) is 19.5 Å². The molecule has 1 N–H and O–H groups in total. The number of hydrogen-bond acceptors (Lipinski definition) is 3. The maximum atomic E-state index is 3.31. The Morgan fingerprint density at radius 2 is 1.94 bits per heavy atom. The van der Waals surface area contributed by atoms with Gasteiger partial charge in [-0.25, -0.2) is 0 Å². The highest BCUT2D eigenvalue weighted by Crippen LogP contribution is 2.23. The first-order valence-electron chi connectivity index (χ1n) is 6.48. The van der Waals surface area contributed by atoms with Gasteiger partial charge >= 0.3 is 0 Å². The fourth-order valence-corrected chi connectivity index (χ4v) is 2.67. The first kappa shape index (κ1) is 13.9. The third-order valence-electron chi connectivity index (χ3n) is 3.76. The fraction of sp³-hybridized carbons (Fsp3) is 1.00. The Hall–Kier alpha value is -0.120. The molecule has 0 aromatic heterocycles. The van der Waals surface area contributed by atoms with Gasteiger partial charge in [-0.3, -0.25) is 4.90 Å². The van der Waals surface area contributed by atoms with Crippen LogP contribution in [0.1, 0.15) is 34.1 Å². The van der Waals surface area contributed by atoms with Gasteiger partial charge in [-0.1, -0.05) is 0 Å². The summed E-state index contributed by atoms with van der Waals surface area (Å²) in [5.74, 6) is 0. The van der Waals surface area contributed by atoms with Gasteiger partial charge < -0.3 is 10.2 Å². The zero-order valence-corrected chi connectivity index (χ0v) is 11.9. The SMILES string of the molecule is CNCC1CN(C(C)(C)C)C(C)CCN1C. The van der Waals surface area contributed by atoms with E-state index < -0.39 is 0 Å². The van der Waals surface area contributed by atoms with Crippen LogP contribution in [0.3, 0.4) is 0 Å². The van der Waals surface area contributed by atoms with E-state index in [9.17, 15) is 0 Å². The Kier molecular flexibility index (Phi) is 4.77. The zero-order chi connectivity index (χ0) is 12.3. The lowest BCUT2D eigenvalue weighted by molar-refractivity contribution is 0.0809. The molecule has 0 aliphatic carbocycles. The lowest BCUT2D eigenvalue weighted by atomic mass is 10.0. The van der Waals surface area contributed by atoms with Crippen LogP contribution < -0.4 is 5.32 Å². The highest BCUT2D eigenvalue weighted by atomic mass is 15.3. The average molecular weight is 227 g/mol. The van der Waals surface area contributed by atoms with Crippen molar-refractivity contribution >= 4 is 0 Å². The predicted molar refractivity (Wildman–Crippen MR) is 70.9 cm³/mol. The number of nitrogens with zero attached hydrogens (tertiary/aromatic N) is 2. The van der Waals surface area contributed by atoms with Crippen LogP contribution in [0, 0.1) is 0 Å². The third kappa shape index (κ3) is 3.44. The summed E-state index contributed by atoms with van der Waals surface area (Å²) < 4.78 is 0. The van der Waals surface area contributed by atoms with Gasteiger partial charge in [-0.2, -0.15) is 0 Å². The maximum Gasteiger partial charge on any atom is 0.0345 e. The number of hydrogen-bond donors (Lipinski definition) is 1. The van der Waals surface area contributed by atoms with Gasteiger partial charge in [0.15, 0.2) is 0 Å². The van der Waals surface area contributed by atoms with Crippen molar-refractivity contribution in [2.75, 3.05) is 33.7 Å². The molecule has 0 amide bonds. The van der Waals surface area contributed by atoms with Gasteiger partial charge in [0, 0.05) is 30.7 Å². The van der Waals surface area contributed by atoms with Crippen LogP contribution in [-0.2, 0) is 0 Å². The van der Waals surface area contributed by atoms with Crippen LogP contribution >= 0.6 is 0 Å². The molecule has 1 saturated heterocycles. The number of nitrogens with one attached hydrogen (secondary N) is 1. The summed E-state index contributed by atoms with van der Waals surface area (Å²) in [4.78, 5) is 5.15. The Balaban J connectivity index is 2.76. The summed E-state index contributed by atoms with van der Waals surface area (Å²) in [6.45, 7) is 12.8. The predicted octanol–water partition coefficient (Wildman–Crippen LogP) is 1.40. The topological polar surface area (TPSA) is 18.5 Å². The van der Waals surface area contributed by atoms with Gasteiger partial charge in [0.1, 0.15) is 0 Å². The molecule has 1 rings (SSSR count). The van der Waals surface area contributed by atoms with E-state index in [1.54, 1.807) is 0 Å². The summed E-state index contributed by atoms with van der Waals surface area (Å²) in [5.41, 5.74) is 0.274. The summed E-state index contributed by atoms with van der Waals surface area (Å²) in [7, 11) is 4.30. The Morgan fingerprint density at radius 1 is 1.31 bits per heavy atom. The molecule has 3 heteroatoms. The van der Waals surface area contributed by atoms with E-state index in [4.69, 9.17) is 0 Å². The summed E-state index contributed by atoms with van der Waals surface area (Å²) >= 11 is 0. The highest BCUT2D eigenvalue weighted by Gasteiger charge is 2.32. The molecule has 1 aliphatic heterocycles. The van der Waals surface area contributed by atoms with Crippen molar-refractivity contribution in [1.29, 1.82) is 0 Å². The normalized spacial score (nSPS) is 30.4. The molecule has 96 valence electrons. The molecular formula is C13H29N3. The van der Waals surface area contributed by atoms with Gasteiger partial charge in [0.05, 0.1) is 0 Å². The molecule has 16 heavy (non-hydrogen) atoms. The van der Waals surface area contributed by atoms with E-state index in [0.29, 0.717) is 12.1 Å². The van der Waals surface area contributed by atoms with Crippen LogP contribution in [-0.4, -0.2) is 61.2 Å². The van der Waals surface area contributed by atoms with Gasteiger partial charge in [0.25, 0.3) is 0 Å². The van der Waals surface area contributed by atoms with E-state index in [0.717, 1.165) is 6.54 Å². The second-order valence-electron chi connectivity index (χ2n) is 6.15. The molecule has 1 aliphatic rings. The number of rotatable bonds is 2. The number of likely N-dealkylation sites (N-methyl/N-ethyl adjacent to an activating group) is 2. The average Bonchev–Trinajstić information content (AvgIpc) is 2.30. The first-order chi connectivity index (χ1) is 7.36. The standard InChI is InChI=1S/C13H29N3/c1-11-7-8-15(6)12(9-14-5)10-16(11)13(2,3)4/h11-12,14H,7-10H2,1-6H3. The molecule has 0 bridgehead atoms. The molecule has 1 fully saturated rings. The van der Waals surface area contributed by atoms with E-state index in [-0.39, 0.29) is 5.54 Å². The van der Waals surface area contributed by atoms with Crippen LogP contribution in [0.2, 0.25) is 0 Å². The lowest BCUT2D eigenvalue weighted by Crippen LogP contribution is -2.52. The second kappa shape index (κ2) is 5.48. The molecule has 0 radical (unpaired) electrons. The Bertz CT molecular complexity index is 210. The Morgan fingerprint density at radius 3 is 2.44 bits per heavy atom. The van der Waals surface area contributed by atoms with E-state index in [1.807, 2.05) is 7.05 Å². The van der Waals surface area contributed by atoms with Crippen LogP contribution in [0.5, 0.6) is 0 Å². The van der Waals surface area contributed by atoms with Crippen molar-refractivity contribution in [2.24, 2.45) is 0 Å². The molecule has 1 heterocycles. The van der Waals surface area contributed by atoms with Crippen LogP contribution in [0.25, 0.3) is 0 Å². The largest absolute Gasteiger partial charge is 0.318 e. The highest BCUT2D eigenvalue weighted by molar-refractivity contribution is 4.89. The quantitative estimate of drug-likeness (QED) is 0.769. The van der Waals surface area contributed by atoms with Crippen LogP contribution in [0.4, 0.5) is 0 Å². The van der Waals surface area contributed by atoms with E-state index >= 15 is 0 Å². The summed E-state index contributed by atoms with van der Waals surface area (Å²) in [6, 6.07) is 1.32. The van der Waals surface area contributed by atoms with Crippen molar-refractivity contribution in [3.05, 3.63) is 0 Å². The summed E-state index contributed by atoms with van der Waals surface area (Å²) in [5, 5.41) is 3.31. The van der Waals surface area contributed by atoms with Crippen molar-refractivity contribution in [1.82, 2.24) is 15.1 Å². The van der Waals surface area contributed by atoms with Crippen LogP contribution in [0.15, 0.2) is 0 Å². The second-order valence-corrected chi connectivity index (χ2v) is 6.15. The van der Waals surface area contributed by atoms with Crippen molar-refractivity contribution in [3.8, 4) is 0 Å². The lowest BCUT2D eigenvalue weighted by Gasteiger charge is -2.41. The Labute approximate surface area is 101 Å². The van der Waals surface area contributed by atoms with Crippen molar-refractivity contribution in [2.45, 2.75) is 51.7 Å². The molecule has 2 atom stereocenters. The van der Waals surface area contributed by atoms with Gasteiger partial charge in [-0.05, 0) is 54.8 Å². The summed E-state index contributed by atoms with van der Waals surface area (Å²) in [6.07, 6.45) is 1.27. The minimum Gasteiger partial charge on any atom is -0.318 e.